The Bertz CT molecular complexity index is 660. The van der Waals surface area contributed by atoms with E-state index in [1.165, 1.54) is 0 Å². The molecule has 0 unspecified atom stereocenters. The van der Waals surface area contributed by atoms with Crippen molar-refractivity contribution in [2.45, 2.75) is 13.5 Å². The van der Waals surface area contributed by atoms with Gasteiger partial charge < -0.3 is 10.6 Å². The molecule has 0 aliphatic rings. The predicted molar refractivity (Wildman–Crippen MR) is 90.4 cm³/mol. The van der Waals surface area contributed by atoms with Gasteiger partial charge in [-0.25, -0.2) is 0 Å². The highest BCUT2D eigenvalue weighted by atomic mass is 79.9. The SMILES string of the molecule is CCN(Cc1cccc(N)c1)C(=O)c1cc(Br)ccc1Cl. The van der Waals surface area contributed by atoms with Crippen LogP contribution in [-0.2, 0) is 6.54 Å². The van der Waals surface area contributed by atoms with E-state index in [2.05, 4.69) is 15.9 Å². The Kier molecular flexibility index (Phi) is 5.26. The first-order chi connectivity index (χ1) is 10.0. The number of halogens is 2. The third-order valence-corrected chi connectivity index (χ3v) is 3.98. The van der Waals surface area contributed by atoms with Crippen LogP contribution in [0, 0.1) is 0 Å². The number of nitrogens with two attached hydrogens (primary N) is 1. The van der Waals surface area contributed by atoms with Crippen LogP contribution in [0.5, 0.6) is 0 Å². The number of nitrogen functional groups attached to an aromatic ring is 1. The van der Waals surface area contributed by atoms with E-state index in [-0.39, 0.29) is 5.91 Å². The van der Waals surface area contributed by atoms with Gasteiger partial charge in [-0.3, -0.25) is 4.79 Å². The molecule has 0 aromatic heterocycles. The van der Waals surface area contributed by atoms with Gasteiger partial charge in [0, 0.05) is 23.2 Å². The van der Waals surface area contributed by atoms with Gasteiger partial charge in [0.1, 0.15) is 0 Å². The molecule has 1 amide bonds. The quantitative estimate of drug-likeness (QED) is 0.817. The Hall–Kier alpha value is -1.52. The second-order valence-corrected chi connectivity index (χ2v) is 6.01. The third-order valence-electron chi connectivity index (χ3n) is 3.15. The molecule has 110 valence electrons. The van der Waals surface area contributed by atoms with Crippen LogP contribution in [0.4, 0.5) is 5.69 Å². The number of carbonyl (C=O) groups is 1. The summed E-state index contributed by atoms with van der Waals surface area (Å²) in [6, 6.07) is 12.8. The fourth-order valence-corrected chi connectivity index (χ4v) is 2.63. The molecule has 2 rings (SSSR count). The molecule has 3 nitrogen and oxygen atoms in total. The minimum atomic E-state index is -0.0915. The van der Waals surface area contributed by atoms with Crippen molar-refractivity contribution in [3.63, 3.8) is 0 Å². The fourth-order valence-electron chi connectivity index (χ4n) is 2.07. The van der Waals surface area contributed by atoms with E-state index in [1.54, 1.807) is 17.0 Å². The summed E-state index contributed by atoms with van der Waals surface area (Å²) in [7, 11) is 0. The number of nitrogens with zero attached hydrogens (tertiary/aromatic N) is 1. The van der Waals surface area contributed by atoms with E-state index < -0.39 is 0 Å². The lowest BCUT2D eigenvalue weighted by atomic mass is 10.1. The Balaban J connectivity index is 2.24. The lowest BCUT2D eigenvalue weighted by Crippen LogP contribution is -2.30. The topological polar surface area (TPSA) is 46.3 Å². The zero-order chi connectivity index (χ0) is 15.4. The third kappa shape index (κ3) is 3.99. The highest BCUT2D eigenvalue weighted by Crippen LogP contribution is 2.23. The highest BCUT2D eigenvalue weighted by molar-refractivity contribution is 9.10. The van der Waals surface area contributed by atoms with Gasteiger partial charge in [-0.15, -0.1) is 0 Å². The number of amides is 1. The zero-order valence-corrected chi connectivity index (χ0v) is 14.0. The standard InChI is InChI=1S/C16H16BrClN2O/c1-2-20(10-11-4-3-5-13(19)8-11)16(21)14-9-12(17)6-7-15(14)18/h3-9H,2,10,19H2,1H3. The first kappa shape index (κ1) is 15.9. The van der Waals surface area contributed by atoms with E-state index in [4.69, 9.17) is 17.3 Å². The molecule has 0 fully saturated rings. The first-order valence-corrected chi connectivity index (χ1v) is 7.77. The summed E-state index contributed by atoms with van der Waals surface area (Å²) in [6.45, 7) is 3.04. The van der Waals surface area contributed by atoms with Crippen LogP contribution in [-0.4, -0.2) is 17.4 Å². The molecule has 2 aromatic carbocycles. The number of hydrogen-bond acceptors (Lipinski definition) is 2. The summed E-state index contributed by atoms with van der Waals surface area (Å²) in [5, 5.41) is 0.453. The van der Waals surface area contributed by atoms with Crippen LogP contribution in [0.3, 0.4) is 0 Å². The maximum Gasteiger partial charge on any atom is 0.255 e. The molecule has 0 bridgehead atoms. The van der Waals surface area contributed by atoms with Crippen molar-refractivity contribution in [2.75, 3.05) is 12.3 Å². The molecule has 2 N–H and O–H groups in total. The molecule has 0 atom stereocenters. The van der Waals surface area contributed by atoms with Crippen molar-refractivity contribution in [1.82, 2.24) is 4.90 Å². The maximum atomic E-state index is 12.6. The Morgan fingerprint density at radius 1 is 1.29 bits per heavy atom. The Morgan fingerprint density at radius 3 is 2.71 bits per heavy atom. The van der Waals surface area contributed by atoms with Gasteiger partial charge in [-0.2, -0.15) is 0 Å². The summed E-state index contributed by atoms with van der Waals surface area (Å²) in [6.07, 6.45) is 0. The number of hydrogen-bond donors (Lipinski definition) is 1. The molecule has 0 saturated carbocycles. The molecular formula is C16H16BrClN2O. The summed E-state index contributed by atoms with van der Waals surface area (Å²) in [5.74, 6) is -0.0915. The minimum absolute atomic E-state index is 0.0915. The molecule has 0 saturated heterocycles. The normalized spacial score (nSPS) is 10.4. The number of carbonyl (C=O) groups excluding carboxylic acids is 1. The van der Waals surface area contributed by atoms with E-state index in [0.717, 1.165) is 10.0 Å². The van der Waals surface area contributed by atoms with Crippen LogP contribution in [0.2, 0.25) is 5.02 Å². The maximum absolute atomic E-state index is 12.6. The molecular weight excluding hydrogens is 352 g/mol. The van der Waals surface area contributed by atoms with Crippen molar-refractivity contribution in [3.05, 3.63) is 63.1 Å². The fraction of sp³-hybridized carbons (Fsp3) is 0.188. The van der Waals surface area contributed by atoms with Crippen molar-refractivity contribution in [1.29, 1.82) is 0 Å². The molecule has 0 aliphatic carbocycles. The monoisotopic (exact) mass is 366 g/mol. The van der Waals surface area contributed by atoms with Gasteiger partial charge in [0.25, 0.3) is 5.91 Å². The van der Waals surface area contributed by atoms with Gasteiger partial charge in [0.15, 0.2) is 0 Å². The molecule has 2 aromatic rings. The highest BCUT2D eigenvalue weighted by Gasteiger charge is 2.17. The summed E-state index contributed by atoms with van der Waals surface area (Å²) in [4.78, 5) is 14.4. The lowest BCUT2D eigenvalue weighted by Gasteiger charge is -2.22. The van der Waals surface area contributed by atoms with Gasteiger partial charge in [0.2, 0.25) is 0 Å². The van der Waals surface area contributed by atoms with Gasteiger partial charge in [-0.1, -0.05) is 39.7 Å². The minimum Gasteiger partial charge on any atom is -0.399 e. The Labute approximate surface area is 137 Å². The van der Waals surface area contributed by atoms with Crippen molar-refractivity contribution in [2.24, 2.45) is 0 Å². The van der Waals surface area contributed by atoms with Crippen LogP contribution in [0.1, 0.15) is 22.8 Å². The second kappa shape index (κ2) is 6.96. The predicted octanol–water partition coefficient (Wildman–Crippen LogP) is 4.35. The van der Waals surface area contributed by atoms with Crippen LogP contribution >= 0.6 is 27.5 Å². The molecule has 5 heteroatoms. The summed E-state index contributed by atoms with van der Waals surface area (Å²) >= 11 is 9.50. The Morgan fingerprint density at radius 2 is 2.05 bits per heavy atom. The van der Waals surface area contributed by atoms with Crippen molar-refractivity contribution in [3.8, 4) is 0 Å². The zero-order valence-electron chi connectivity index (χ0n) is 11.6. The largest absolute Gasteiger partial charge is 0.399 e. The smallest absolute Gasteiger partial charge is 0.255 e. The molecule has 0 spiro atoms. The van der Waals surface area contributed by atoms with E-state index in [0.29, 0.717) is 29.4 Å². The molecule has 0 heterocycles. The second-order valence-electron chi connectivity index (χ2n) is 4.69. The van der Waals surface area contributed by atoms with Gasteiger partial charge in [-0.05, 0) is 42.8 Å². The lowest BCUT2D eigenvalue weighted by molar-refractivity contribution is 0.0752. The summed E-state index contributed by atoms with van der Waals surface area (Å²) < 4.78 is 0.829. The van der Waals surface area contributed by atoms with Crippen LogP contribution < -0.4 is 5.73 Å². The van der Waals surface area contributed by atoms with Crippen molar-refractivity contribution >= 4 is 39.1 Å². The number of anilines is 1. The first-order valence-electron chi connectivity index (χ1n) is 6.60. The number of benzene rings is 2. The average Bonchev–Trinajstić information content (AvgIpc) is 2.46. The molecule has 0 aliphatic heterocycles. The van der Waals surface area contributed by atoms with Crippen LogP contribution in [0.25, 0.3) is 0 Å². The van der Waals surface area contributed by atoms with E-state index in [1.807, 2.05) is 37.3 Å². The van der Waals surface area contributed by atoms with Gasteiger partial charge >= 0.3 is 0 Å². The summed E-state index contributed by atoms with van der Waals surface area (Å²) in [5.41, 5.74) is 7.96. The number of rotatable bonds is 4. The molecule has 21 heavy (non-hydrogen) atoms. The van der Waals surface area contributed by atoms with E-state index in [9.17, 15) is 4.79 Å². The van der Waals surface area contributed by atoms with Gasteiger partial charge in [0.05, 0.1) is 10.6 Å². The van der Waals surface area contributed by atoms with Crippen LogP contribution in [0.15, 0.2) is 46.9 Å². The average molecular weight is 368 g/mol. The molecule has 0 radical (unpaired) electrons. The van der Waals surface area contributed by atoms with E-state index >= 15 is 0 Å². The van der Waals surface area contributed by atoms with Crippen molar-refractivity contribution < 1.29 is 4.79 Å².